The van der Waals surface area contributed by atoms with Crippen molar-refractivity contribution in [3.05, 3.63) is 0 Å². The predicted octanol–water partition coefficient (Wildman–Crippen LogP) is 0.0391. The van der Waals surface area contributed by atoms with E-state index in [0.29, 0.717) is 18.9 Å². The molecular weight excluding hydrogens is 196 g/mol. The summed E-state index contributed by atoms with van der Waals surface area (Å²) in [5, 5.41) is 2.54. The van der Waals surface area contributed by atoms with E-state index in [4.69, 9.17) is 10.5 Å². The molecule has 0 spiro atoms. The fourth-order valence-electron chi connectivity index (χ4n) is 1.18. The third-order valence-electron chi connectivity index (χ3n) is 1.80. The maximum absolute atomic E-state index is 11.5. The number of nitrogens with one attached hydrogen (secondary N) is 1. The lowest BCUT2D eigenvalue weighted by atomic mass is 10.0. The smallest absolute Gasteiger partial charge is 0.328 e. The van der Waals surface area contributed by atoms with Gasteiger partial charge in [-0.1, -0.05) is 13.8 Å². The number of amides is 1. The normalized spacial score (nSPS) is 12.3. The molecule has 5 nitrogen and oxygen atoms in total. The van der Waals surface area contributed by atoms with Gasteiger partial charge in [0.25, 0.3) is 0 Å². The number of nitrogens with two attached hydrogens (primary N) is 1. The topological polar surface area (TPSA) is 81.4 Å². The average Bonchev–Trinajstić information content (AvgIpc) is 2.16. The van der Waals surface area contributed by atoms with E-state index in [1.165, 1.54) is 0 Å². The van der Waals surface area contributed by atoms with Gasteiger partial charge in [0.2, 0.25) is 5.91 Å². The van der Waals surface area contributed by atoms with Crippen molar-refractivity contribution < 1.29 is 14.3 Å². The van der Waals surface area contributed by atoms with Crippen molar-refractivity contribution in [1.82, 2.24) is 5.32 Å². The van der Waals surface area contributed by atoms with Crippen LogP contribution in [0.5, 0.6) is 0 Å². The van der Waals surface area contributed by atoms with E-state index in [1.807, 2.05) is 13.8 Å². The fourth-order valence-corrected chi connectivity index (χ4v) is 1.18. The Morgan fingerprint density at radius 3 is 2.40 bits per heavy atom. The first-order chi connectivity index (χ1) is 7.01. The molecule has 15 heavy (non-hydrogen) atoms. The number of rotatable bonds is 6. The predicted molar refractivity (Wildman–Crippen MR) is 57.1 cm³/mol. The fraction of sp³-hybridized carbons (Fsp3) is 0.800. The Labute approximate surface area is 90.4 Å². The summed E-state index contributed by atoms with van der Waals surface area (Å²) in [6, 6.07) is -0.582. The molecule has 0 saturated carbocycles. The molecule has 0 saturated heterocycles. The molecule has 0 radical (unpaired) electrons. The van der Waals surface area contributed by atoms with Crippen LogP contribution in [0.3, 0.4) is 0 Å². The first-order valence-electron chi connectivity index (χ1n) is 5.17. The second-order valence-electron chi connectivity index (χ2n) is 3.71. The zero-order valence-corrected chi connectivity index (χ0v) is 9.58. The van der Waals surface area contributed by atoms with Crippen molar-refractivity contribution in [1.29, 1.82) is 0 Å². The lowest BCUT2D eigenvalue weighted by Crippen LogP contribution is -2.45. The molecule has 0 aliphatic heterocycles. The highest BCUT2D eigenvalue weighted by Crippen LogP contribution is 2.06. The van der Waals surface area contributed by atoms with Gasteiger partial charge >= 0.3 is 5.97 Å². The van der Waals surface area contributed by atoms with Gasteiger partial charge in [-0.2, -0.15) is 0 Å². The Morgan fingerprint density at radius 1 is 1.40 bits per heavy atom. The number of carbonyl (C=O) groups excluding carboxylic acids is 2. The van der Waals surface area contributed by atoms with Gasteiger partial charge in [-0.15, -0.1) is 0 Å². The molecule has 0 aliphatic rings. The van der Waals surface area contributed by atoms with E-state index in [-0.39, 0.29) is 12.5 Å². The maximum atomic E-state index is 11.5. The molecule has 5 heteroatoms. The van der Waals surface area contributed by atoms with Crippen LogP contribution in [0.25, 0.3) is 0 Å². The van der Waals surface area contributed by atoms with Gasteiger partial charge in [-0.25, -0.2) is 4.79 Å². The van der Waals surface area contributed by atoms with E-state index in [9.17, 15) is 9.59 Å². The summed E-state index contributed by atoms with van der Waals surface area (Å²) < 4.78 is 4.86. The molecule has 0 aromatic rings. The van der Waals surface area contributed by atoms with Crippen molar-refractivity contribution >= 4 is 11.9 Å². The Balaban J connectivity index is 4.29. The molecule has 0 heterocycles. The minimum Gasteiger partial charge on any atom is -0.464 e. The van der Waals surface area contributed by atoms with Crippen LogP contribution in [0.2, 0.25) is 0 Å². The van der Waals surface area contributed by atoms with Crippen molar-refractivity contribution in [2.24, 2.45) is 11.7 Å². The van der Waals surface area contributed by atoms with Gasteiger partial charge < -0.3 is 15.8 Å². The van der Waals surface area contributed by atoms with Crippen LogP contribution in [0.4, 0.5) is 0 Å². The van der Waals surface area contributed by atoms with E-state index in [0.717, 1.165) is 0 Å². The molecule has 0 aromatic heterocycles. The van der Waals surface area contributed by atoms with Crippen LogP contribution < -0.4 is 11.1 Å². The third kappa shape index (κ3) is 6.06. The van der Waals surface area contributed by atoms with Gasteiger partial charge in [0, 0.05) is 0 Å². The summed E-state index contributed by atoms with van der Waals surface area (Å²) in [6.45, 7) is 5.87. The molecule has 0 aromatic carbocycles. The summed E-state index contributed by atoms with van der Waals surface area (Å²) in [6.07, 6.45) is 0.560. The number of hydrogen-bond acceptors (Lipinski definition) is 4. The minimum absolute atomic E-state index is 0.117. The molecule has 3 N–H and O–H groups in total. The van der Waals surface area contributed by atoms with E-state index in [2.05, 4.69) is 5.32 Å². The summed E-state index contributed by atoms with van der Waals surface area (Å²) in [7, 11) is 0. The van der Waals surface area contributed by atoms with Gasteiger partial charge in [-0.3, -0.25) is 4.79 Å². The summed E-state index contributed by atoms with van der Waals surface area (Å²) >= 11 is 0. The largest absolute Gasteiger partial charge is 0.464 e. The Morgan fingerprint density at radius 2 is 2.00 bits per heavy atom. The number of hydrogen-bond donors (Lipinski definition) is 2. The Hall–Kier alpha value is -1.10. The summed E-state index contributed by atoms with van der Waals surface area (Å²) in [5.74, 6) is -0.431. The highest BCUT2D eigenvalue weighted by Gasteiger charge is 2.22. The van der Waals surface area contributed by atoms with Crippen LogP contribution in [-0.4, -0.2) is 31.1 Å². The summed E-state index contributed by atoms with van der Waals surface area (Å²) in [4.78, 5) is 22.5. The van der Waals surface area contributed by atoms with Crippen molar-refractivity contribution in [3.63, 3.8) is 0 Å². The Kier molecular flexibility index (Phi) is 6.70. The molecule has 1 amide bonds. The molecular formula is C10H20N2O3. The Bertz CT molecular complexity index is 217. The molecule has 1 atom stereocenters. The second-order valence-corrected chi connectivity index (χ2v) is 3.71. The molecule has 0 fully saturated rings. The first-order valence-corrected chi connectivity index (χ1v) is 5.17. The van der Waals surface area contributed by atoms with Gasteiger partial charge in [0.05, 0.1) is 13.2 Å². The molecule has 0 bridgehead atoms. The SMILES string of the molecule is CCOC(=O)C(CC(C)C)NC(=O)CN. The first kappa shape index (κ1) is 13.9. The van der Waals surface area contributed by atoms with Crippen LogP contribution in [-0.2, 0) is 14.3 Å². The van der Waals surface area contributed by atoms with Gasteiger partial charge in [-0.05, 0) is 19.3 Å². The quantitative estimate of drug-likeness (QED) is 0.614. The van der Waals surface area contributed by atoms with E-state index in [1.54, 1.807) is 6.92 Å². The highest BCUT2D eigenvalue weighted by molar-refractivity contribution is 5.85. The third-order valence-corrected chi connectivity index (χ3v) is 1.80. The number of carbonyl (C=O) groups is 2. The monoisotopic (exact) mass is 216 g/mol. The van der Waals surface area contributed by atoms with Crippen LogP contribution >= 0.6 is 0 Å². The minimum atomic E-state index is -0.582. The number of esters is 1. The van der Waals surface area contributed by atoms with Crippen LogP contribution in [0.15, 0.2) is 0 Å². The molecule has 0 aliphatic carbocycles. The van der Waals surface area contributed by atoms with Crippen LogP contribution in [0, 0.1) is 5.92 Å². The lowest BCUT2D eigenvalue weighted by molar-refractivity contribution is -0.147. The highest BCUT2D eigenvalue weighted by atomic mass is 16.5. The molecule has 1 unspecified atom stereocenters. The van der Waals surface area contributed by atoms with Gasteiger partial charge in [0.15, 0.2) is 0 Å². The second kappa shape index (κ2) is 7.23. The lowest BCUT2D eigenvalue weighted by Gasteiger charge is -2.18. The maximum Gasteiger partial charge on any atom is 0.328 e. The molecule has 0 rings (SSSR count). The average molecular weight is 216 g/mol. The van der Waals surface area contributed by atoms with Crippen molar-refractivity contribution in [2.45, 2.75) is 33.2 Å². The van der Waals surface area contributed by atoms with Gasteiger partial charge in [0.1, 0.15) is 6.04 Å². The zero-order valence-electron chi connectivity index (χ0n) is 9.58. The number of ether oxygens (including phenoxy) is 1. The van der Waals surface area contributed by atoms with Crippen LogP contribution in [0.1, 0.15) is 27.2 Å². The van der Waals surface area contributed by atoms with Crippen molar-refractivity contribution in [3.8, 4) is 0 Å². The van der Waals surface area contributed by atoms with E-state index >= 15 is 0 Å². The molecule has 88 valence electrons. The van der Waals surface area contributed by atoms with Crippen molar-refractivity contribution in [2.75, 3.05) is 13.2 Å². The summed E-state index contributed by atoms with van der Waals surface area (Å²) in [5.41, 5.74) is 5.16. The van der Waals surface area contributed by atoms with E-state index < -0.39 is 12.0 Å². The zero-order chi connectivity index (χ0) is 11.8. The standard InChI is InChI=1S/C10H20N2O3/c1-4-15-10(14)8(5-7(2)3)12-9(13)6-11/h7-8H,4-6,11H2,1-3H3,(H,12,13).